The number of hydrogen-bond acceptors (Lipinski definition) is 4. The van der Waals surface area contributed by atoms with Crippen molar-refractivity contribution in [1.82, 2.24) is 15.1 Å². The van der Waals surface area contributed by atoms with Gasteiger partial charge in [-0.2, -0.15) is 5.10 Å². The summed E-state index contributed by atoms with van der Waals surface area (Å²) in [5.41, 5.74) is 2.96. The summed E-state index contributed by atoms with van der Waals surface area (Å²) in [5, 5.41) is 7.20. The molecule has 146 valence electrons. The van der Waals surface area contributed by atoms with Crippen molar-refractivity contribution in [2.75, 3.05) is 14.2 Å². The van der Waals surface area contributed by atoms with Gasteiger partial charge in [-0.15, -0.1) is 0 Å². The zero-order valence-electron chi connectivity index (χ0n) is 16.6. The first kappa shape index (κ1) is 19.5. The van der Waals surface area contributed by atoms with E-state index in [9.17, 15) is 4.79 Å². The minimum Gasteiger partial charge on any atom is -0.497 e. The highest BCUT2D eigenvalue weighted by molar-refractivity contribution is 5.93. The number of rotatable bonds is 7. The molecule has 0 fully saturated rings. The zero-order chi connectivity index (χ0) is 20.1. The summed E-state index contributed by atoms with van der Waals surface area (Å²) in [6.45, 7) is 4.55. The van der Waals surface area contributed by atoms with Gasteiger partial charge in [-0.25, -0.2) is 0 Å². The van der Waals surface area contributed by atoms with Crippen LogP contribution >= 0.6 is 0 Å². The summed E-state index contributed by atoms with van der Waals surface area (Å²) in [4.78, 5) is 14.9. The Balaban J connectivity index is 1.86. The van der Waals surface area contributed by atoms with Crippen LogP contribution in [0.1, 0.15) is 29.9 Å². The van der Waals surface area contributed by atoms with Crippen molar-refractivity contribution in [2.24, 2.45) is 0 Å². The van der Waals surface area contributed by atoms with Crippen LogP contribution < -0.4 is 9.47 Å². The fourth-order valence-corrected chi connectivity index (χ4v) is 3.00. The molecule has 6 heteroatoms. The Bertz CT molecular complexity index is 935. The molecule has 0 bridgehead atoms. The number of nitrogens with zero attached hydrogens (tertiary/aromatic N) is 2. The van der Waals surface area contributed by atoms with Crippen molar-refractivity contribution < 1.29 is 14.3 Å². The molecule has 0 saturated heterocycles. The lowest BCUT2D eigenvalue weighted by Crippen LogP contribution is -2.36. The molecule has 1 aromatic heterocycles. The normalized spacial score (nSPS) is 10.8. The fraction of sp³-hybridized carbons (Fsp3) is 0.273. The molecular weight excluding hydrogens is 354 g/mol. The third kappa shape index (κ3) is 4.17. The standard InChI is InChI=1S/C22H25N3O3/c1-15(2)25(14-16-8-6-5-7-9-16)22(26)20-13-19(23-24-20)18-11-10-17(27-3)12-21(18)28-4/h5-13,15H,14H2,1-4H3,(H,23,24). The number of aromatic nitrogens is 2. The van der Waals surface area contributed by atoms with Gasteiger partial charge in [0.15, 0.2) is 0 Å². The maximum Gasteiger partial charge on any atom is 0.272 e. The van der Waals surface area contributed by atoms with E-state index in [1.165, 1.54) is 0 Å². The molecule has 3 aromatic rings. The lowest BCUT2D eigenvalue weighted by atomic mass is 10.1. The minimum absolute atomic E-state index is 0.0509. The van der Waals surface area contributed by atoms with E-state index in [2.05, 4.69) is 10.2 Å². The summed E-state index contributed by atoms with van der Waals surface area (Å²) >= 11 is 0. The Kier molecular flexibility index (Phi) is 5.99. The first-order chi connectivity index (χ1) is 13.5. The van der Waals surface area contributed by atoms with Gasteiger partial charge in [0.2, 0.25) is 0 Å². The van der Waals surface area contributed by atoms with Gasteiger partial charge < -0.3 is 14.4 Å². The number of benzene rings is 2. The first-order valence-corrected chi connectivity index (χ1v) is 9.16. The second kappa shape index (κ2) is 8.61. The van der Waals surface area contributed by atoms with E-state index in [-0.39, 0.29) is 11.9 Å². The number of carbonyl (C=O) groups is 1. The number of nitrogens with one attached hydrogen (secondary N) is 1. The minimum atomic E-state index is -0.0925. The van der Waals surface area contributed by atoms with Gasteiger partial charge in [-0.3, -0.25) is 9.89 Å². The van der Waals surface area contributed by atoms with Crippen LogP contribution in [0.4, 0.5) is 0 Å². The third-order valence-corrected chi connectivity index (χ3v) is 4.57. The summed E-state index contributed by atoms with van der Waals surface area (Å²) in [7, 11) is 3.20. The highest BCUT2D eigenvalue weighted by Gasteiger charge is 2.22. The second-order valence-corrected chi connectivity index (χ2v) is 6.75. The molecule has 0 aliphatic heterocycles. The maximum atomic E-state index is 13.1. The highest BCUT2D eigenvalue weighted by Crippen LogP contribution is 2.32. The van der Waals surface area contributed by atoms with Crippen LogP contribution in [0.3, 0.4) is 0 Å². The topological polar surface area (TPSA) is 67.5 Å². The van der Waals surface area contributed by atoms with Crippen molar-refractivity contribution in [3.05, 3.63) is 65.9 Å². The Hall–Kier alpha value is -3.28. The Morgan fingerprint density at radius 1 is 1.07 bits per heavy atom. The van der Waals surface area contributed by atoms with E-state index in [1.807, 2.05) is 61.2 Å². The average molecular weight is 379 g/mol. The van der Waals surface area contributed by atoms with E-state index in [4.69, 9.17) is 9.47 Å². The Morgan fingerprint density at radius 2 is 1.82 bits per heavy atom. The highest BCUT2D eigenvalue weighted by atomic mass is 16.5. The van der Waals surface area contributed by atoms with Crippen molar-refractivity contribution in [1.29, 1.82) is 0 Å². The molecule has 0 unspecified atom stereocenters. The van der Waals surface area contributed by atoms with Crippen molar-refractivity contribution >= 4 is 5.91 Å². The average Bonchev–Trinajstić information content (AvgIpc) is 3.21. The van der Waals surface area contributed by atoms with Crippen LogP contribution in [-0.4, -0.2) is 41.3 Å². The molecule has 2 aromatic carbocycles. The molecule has 1 N–H and O–H groups in total. The smallest absolute Gasteiger partial charge is 0.272 e. The van der Waals surface area contributed by atoms with Crippen LogP contribution in [0, 0.1) is 0 Å². The second-order valence-electron chi connectivity index (χ2n) is 6.75. The Labute approximate surface area is 165 Å². The maximum absolute atomic E-state index is 13.1. The van der Waals surface area contributed by atoms with Crippen LogP contribution in [0.5, 0.6) is 11.5 Å². The third-order valence-electron chi connectivity index (χ3n) is 4.57. The summed E-state index contributed by atoms with van der Waals surface area (Å²) in [6, 6.07) is 17.3. The number of ether oxygens (including phenoxy) is 2. The number of aromatic amines is 1. The molecule has 6 nitrogen and oxygen atoms in total. The van der Waals surface area contributed by atoms with Crippen LogP contribution in [0.2, 0.25) is 0 Å². The summed E-state index contributed by atoms with van der Waals surface area (Å²) in [5.74, 6) is 1.24. The van der Waals surface area contributed by atoms with Gasteiger partial charge in [-0.05, 0) is 37.6 Å². The number of H-pyrrole nitrogens is 1. The predicted octanol–water partition coefficient (Wildman–Crippen LogP) is 4.14. The van der Waals surface area contributed by atoms with E-state index in [0.717, 1.165) is 11.1 Å². The van der Waals surface area contributed by atoms with Gasteiger partial charge in [-0.1, -0.05) is 30.3 Å². The van der Waals surface area contributed by atoms with Gasteiger partial charge in [0.25, 0.3) is 5.91 Å². The van der Waals surface area contributed by atoms with E-state index >= 15 is 0 Å². The zero-order valence-corrected chi connectivity index (χ0v) is 16.6. The van der Waals surface area contributed by atoms with Crippen LogP contribution in [0.25, 0.3) is 11.3 Å². The molecule has 3 rings (SSSR count). The molecule has 0 saturated carbocycles. The molecule has 0 aliphatic rings. The van der Waals surface area contributed by atoms with Crippen LogP contribution in [-0.2, 0) is 6.54 Å². The quantitative estimate of drug-likeness (QED) is 0.670. The lowest BCUT2D eigenvalue weighted by molar-refractivity contribution is 0.0684. The van der Waals surface area contributed by atoms with E-state index in [1.54, 1.807) is 26.4 Å². The Morgan fingerprint density at radius 3 is 2.46 bits per heavy atom. The predicted molar refractivity (Wildman–Crippen MR) is 109 cm³/mol. The fourth-order valence-electron chi connectivity index (χ4n) is 3.00. The van der Waals surface area contributed by atoms with Crippen molar-refractivity contribution in [2.45, 2.75) is 26.4 Å². The molecule has 0 spiro atoms. The number of carbonyl (C=O) groups excluding carboxylic acids is 1. The van der Waals surface area contributed by atoms with Gasteiger partial charge in [0.05, 0.1) is 19.9 Å². The van der Waals surface area contributed by atoms with Crippen molar-refractivity contribution in [3.63, 3.8) is 0 Å². The van der Waals surface area contributed by atoms with Crippen molar-refractivity contribution in [3.8, 4) is 22.8 Å². The van der Waals surface area contributed by atoms with Gasteiger partial charge in [0, 0.05) is 24.2 Å². The number of hydrogen-bond donors (Lipinski definition) is 1. The summed E-state index contributed by atoms with van der Waals surface area (Å²) < 4.78 is 10.7. The molecule has 1 amide bonds. The first-order valence-electron chi connectivity index (χ1n) is 9.16. The van der Waals surface area contributed by atoms with E-state index < -0.39 is 0 Å². The molecule has 0 atom stereocenters. The van der Waals surface area contributed by atoms with Crippen LogP contribution in [0.15, 0.2) is 54.6 Å². The molecule has 1 heterocycles. The summed E-state index contributed by atoms with van der Waals surface area (Å²) in [6.07, 6.45) is 0. The van der Waals surface area contributed by atoms with Gasteiger partial charge >= 0.3 is 0 Å². The largest absolute Gasteiger partial charge is 0.497 e. The SMILES string of the molecule is COc1ccc(-c2cc(C(=O)N(Cc3ccccc3)C(C)C)[nH]n2)c(OC)c1. The molecule has 28 heavy (non-hydrogen) atoms. The molecule has 0 aliphatic carbocycles. The lowest BCUT2D eigenvalue weighted by Gasteiger charge is -2.26. The number of amides is 1. The monoisotopic (exact) mass is 379 g/mol. The van der Waals surface area contributed by atoms with Gasteiger partial charge in [0.1, 0.15) is 17.2 Å². The molecular formula is C22H25N3O3. The van der Waals surface area contributed by atoms with E-state index in [0.29, 0.717) is 29.4 Å². The molecule has 0 radical (unpaired) electrons. The number of methoxy groups -OCH3 is 2.